The van der Waals surface area contributed by atoms with Crippen LogP contribution in [0.3, 0.4) is 0 Å². The number of carboxylic acids is 1. The van der Waals surface area contributed by atoms with Crippen LogP contribution in [0.15, 0.2) is 12.3 Å². The topological polar surface area (TPSA) is 85.8 Å². The second kappa shape index (κ2) is 7.77. The van der Waals surface area contributed by atoms with E-state index in [-0.39, 0.29) is 29.8 Å². The van der Waals surface area contributed by atoms with Gasteiger partial charge in [-0.15, -0.1) is 0 Å². The minimum atomic E-state index is -4.51. The first-order valence-electron chi connectivity index (χ1n) is 7.40. The van der Waals surface area contributed by atoms with Crippen molar-refractivity contribution in [2.24, 2.45) is 0 Å². The third kappa shape index (κ3) is 5.12. The van der Waals surface area contributed by atoms with Gasteiger partial charge in [0.2, 0.25) is 0 Å². The van der Waals surface area contributed by atoms with Gasteiger partial charge < -0.3 is 20.2 Å². The smallest absolute Gasteiger partial charge is 0.417 e. The van der Waals surface area contributed by atoms with Gasteiger partial charge in [-0.2, -0.15) is 13.2 Å². The van der Waals surface area contributed by atoms with Gasteiger partial charge in [0.1, 0.15) is 5.82 Å². The predicted molar refractivity (Wildman–Crippen MR) is 83.7 cm³/mol. The fraction of sp³-hybridized carbons (Fsp3) is 0.500. The summed E-state index contributed by atoms with van der Waals surface area (Å²) < 4.78 is 37.9. The van der Waals surface area contributed by atoms with Crippen molar-refractivity contribution in [3.63, 3.8) is 0 Å². The quantitative estimate of drug-likeness (QED) is 0.835. The number of hydrogen-bond acceptors (Lipinski definition) is 4. The SMILES string of the molecule is O=C(O)CCNC(=O)N1CCN(c2ncc(C(F)(F)F)cc2Cl)CC1. The summed E-state index contributed by atoms with van der Waals surface area (Å²) >= 11 is 5.91. The van der Waals surface area contributed by atoms with Crippen molar-refractivity contribution in [2.75, 3.05) is 37.6 Å². The van der Waals surface area contributed by atoms with Gasteiger partial charge in [-0.1, -0.05) is 11.6 Å². The van der Waals surface area contributed by atoms with Crippen LogP contribution < -0.4 is 10.2 Å². The van der Waals surface area contributed by atoms with Crippen LogP contribution in [0.4, 0.5) is 23.8 Å². The molecule has 1 aromatic heterocycles. The van der Waals surface area contributed by atoms with Crippen molar-refractivity contribution in [3.8, 4) is 0 Å². The first-order valence-corrected chi connectivity index (χ1v) is 7.78. The number of pyridine rings is 1. The Morgan fingerprint density at radius 3 is 2.44 bits per heavy atom. The van der Waals surface area contributed by atoms with Crippen LogP contribution in [0.1, 0.15) is 12.0 Å². The molecule has 1 aliphatic heterocycles. The number of piperazine rings is 1. The summed E-state index contributed by atoms with van der Waals surface area (Å²) in [6.07, 6.45) is -3.95. The van der Waals surface area contributed by atoms with Crippen LogP contribution in [0.5, 0.6) is 0 Å². The number of nitrogens with one attached hydrogen (secondary N) is 1. The molecule has 0 radical (unpaired) electrons. The highest BCUT2D eigenvalue weighted by Gasteiger charge is 2.32. The molecule has 2 N–H and O–H groups in total. The molecule has 2 heterocycles. The van der Waals surface area contributed by atoms with Crippen LogP contribution in [0.2, 0.25) is 5.02 Å². The molecule has 0 saturated carbocycles. The van der Waals surface area contributed by atoms with E-state index >= 15 is 0 Å². The number of anilines is 1. The lowest BCUT2D eigenvalue weighted by Gasteiger charge is -2.35. The molecule has 2 rings (SSSR count). The first kappa shape index (κ1) is 19.1. The van der Waals surface area contributed by atoms with Crippen molar-refractivity contribution in [1.29, 1.82) is 0 Å². The molecule has 0 atom stereocenters. The third-order valence-electron chi connectivity index (χ3n) is 3.63. The number of aliphatic carboxylic acids is 1. The number of urea groups is 1. The molecule has 7 nitrogen and oxygen atoms in total. The largest absolute Gasteiger partial charge is 0.481 e. The van der Waals surface area contributed by atoms with E-state index in [0.29, 0.717) is 26.2 Å². The highest BCUT2D eigenvalue weighted by Crippen LogP contribution is 2.33. The van der Waals surface area contributed by atoms with Crippen LogP contribution in [-0.2, 0) is 11.0 Å². The van der Waals surface area contributed by atoms with E-state index in [4.69, 9.17) is 16.7 Å². The standard InChI is InChI=1S/C14H16ClF3N4O3/c15-10-7-9(14(16,17)18)8-20-12(10)21-3-5-22(6-4-21)13(25)19-2-1-11(23)24/h7-8H,1-6H2,(H,19,25)(H,23,24). The lowest BCUT2D eigenvalue weighted by Crippen LogP contribution is -2.52. The molecule has 0 bridgehead atoms. The van der Waals surface area contributed by atoms with Crippen LogP contribution in [-0.4, -0.2) is 59.7 Å². The number of carboxylic acid groups (broad SMARTS) is 1. The highest BCUT2D eigenvalue weighted by atomic mass is 35.5. The Bertz CT molecular complexity index is 649. The van der Waals surface area contributed by atoms with Crippen molar-refractivity contribution in [1.82, 2.24) is 15.2 Å². The zero-order valence-electron chi connectivity index (χ0n) is 13.0. The predicted octanol–water partition coefficient (Wildman–Crippen LogP) is 2.06. The minimum absolute atomic E-state index is 0.0284. The number of nitrogens with zero attached hydrogens (tertiary/aromatic N) is 3. The molecule has 0 aliphatic carbocycles. The number of carbonyl (C=O) groups is 2. The molecule has 11 heteroatoms. The summed E-state index contributed by atoms with van der Waals surface area (Å²) in [5, 5.41) is 10.9. The maximum Gasteiger partial charge on any atom is 0.417 e. The van der Waals surface area contributed by atoms with E-state index < -0.39 is 17.7 Å². The van der Waals surface area contributed by atoms with Gasteiger partial charge in [0.25, 0.3) is 0 Å². The van der Waals surface area contributed by atoms with E-state index in [1.807, 2.05) is 0 Å². The van der Waals surface area contributed by atoms with Gasteiger partial charge >= 0.3 is 18.2 Å². The normalized spacial score (nSPS) is 15.2. The van der Waals surface area contributed by atoms with E-state index in [1.54, 1.807) is 4.90 Å². The molecule has 0 spiro atoms. The zero-order chi connectivity index (χ0) is 18.6. The zero-order valence-corrected chi connectivity index (χ0v) is 13.8. The van der Waals surface area contributed by atoms with Gasteiger partial charge in [-0.25, -0.2) is 9.78 Å². The maximum absolute atomic E-state index is 12.6. The molecule has 1 fully saturated rings. The summed E-state index contributed by atoms with van der Waals surface area (Å²) in [5.74, 6) is -0.770. The van der Waals surface area contributed by atoms with Crippen molar-refractivity contribution in [2.45, 2.75) is 12.6 Å². The Hall–Kier alpha value is -2.23. The second-order valence-electron chi connectivity index (χ2n) is 5.38. The van der Waals surface area contributed by atoms with Gasteiger partial charge in [0, 0.05) is 38.9 Å². The lowest BCUT2D eigenvalue weighted by atomic mass is 10.2. The molecule has 1 saturated heterocycles. The van der Waals surface area contributed by atoms with Crippen LogP contribution in [0, 0.1) is 0 Å². The number of rotatable bonds is 4. The Balaban J connectivity index is 1.92. The number of hydrogen-bond donors (Lipinski definition) is 2. The molecule has 1 aromatic rings. The molecule has 0 aromatic carbocycles. The molecule has 0 unspecified atom stereocenters. The maximum atomic E-state index is 12.6. The molecule has 1 aliphatic rings. The summed E-state index contributed by atoms with van der Waals surface area (Å²) in [4.78, 5) is 29.3. The van der Waals surface area contributed by atoms with E-state index in [0.717, 1.165) is 12.3 Å². The van der Waals surface area contributed by atoms with Gasteiger partial charge in [0.15, 0.2) is 0 Å². The summed E-state index contributed by atoms with van der Waals surface area (Å²) in [6, 6.07) is 0.446. The average molecular weight is 381 g/mol. The highest BCUT2D eigenvalue weighted by molar-refractivity contribution is 6.33. The van der Waals surface area contributed by atoms with E-state index in [2.05, 4.69) is 10.3 Å². The Kier molecular flexibility index (Phi) is 5.93. The fourth-order valence-corrected chi connectivity index (χ4v) is 2.61. The molecular formula is C14H16ClF3N4O3. The summed E-state index contributed by atoms with van der Waals surface area (Å²) in [6.45, 7) is 1.37. The third-order valence-corrected chi connectivity index (χ3v) is 3.91. The van der Waals surface area contributed by atoms with E-state index in [9.17, 15) is 22.8 Å². The first-order chi connectivity index (χ1) is 11.7. The minimum Gasteiger partial charge on any atom is -0.481 e. The number of aromatic nitrogens is 1. The number of alkyl halides is 3. The monoisotopic (exact) mass is 380 g/mol. The van der Waals surface area contributed by atoms with Gasteiger partial charge in [-0.3, -0.25) is 4.79 Å². The number of halogens is 4. The fourth-order valence-electron chi connectivity index (χ4n) is 2.33. The number of carbonyl (C=O) groups excluding carboxylic acids is 1. The van der Waals surface area contributed by atoms with Crippen LogP contribution >= 0.6 is 11.6 Å². The molecule has 2 amide bonds. The van der Waals surface area contributed by atoms with Gasteiger partial charge in [-0.05, 0) is 6.07 Å². The van der Waals surface area contributed by atoms with E-state index in [1.165, 1.54) is 4.90 Å². The lowest BCUT2D eigenvalue weighted by molar-refractivity contribution is -0.138. The Morgan fingerprint density at radius 2 is 1.92 bits per heavy atom. The molecular weight excluding hydrogens is 365 g/mol. The summed E-state index contributed by atoms with van der Waals surface area (Å²) in [7, 11) is 0. The average Bonchev–Trinajstić information content (AvgIpc) is 2.53. The van der Waals surface area contributed by atoms with Crippen LogP contribution in [0.25, 0.3) is 0 Å². The second-order valence-corrected chi connectivity index (χ2v) is 5.78. The van der Waals surface area contributed by atoms with Crippen molar-refractivity contribution >= 4 is 29.4 Å². The van der Waals surface area contributed by atoms with Gasteiger partial charge in [0.05, 0.1) is 17.0 Å². The van der Waals surface area contributed by atoms with Crippen molar-refractivity contribution < 1.29 is 27.9 Å². The van der Waals surface area contributed by atoms with Crippen molar-refractivity contribution in [3.05, 3.63) is 22.8 Å². The Labute approximate surface area is 146 Å². The number of amides is 2. The molecule has 25 heavy (non-hydrogen) atoms. The Morgan fingerprint density at radius 1 is 1.28 bits per heavy atom. The summed E-state index contributed by atoms with van der Waals surface area (Å²) in [5.41, 5.74) is -0.919. The molecule has 138 valence electrons.